The molecule has 0 amide bonds. The van der Waals surface area contributed by atoms with E-state index in [9.17, 15) is 0 Å². The van der Waals surface area contributed by atoms with E-state index in [0.717, 1.165) is 35.5 Å². The lowest BCUT2D eigenvalue weighted by Gasteiger charge is -2.44. The Balaban J connectivity index is 1.98. The van der Waals surface area contributed by atoms with Crippen LogP contribution in [0.25, 0.3) is 0 Å². The van der Waals surface area contributed by atoms with Crippen molar-refractivity contribution >= 4 is 0 Å². The van der Waals surface area contributed by atoms with Gasteiger partial charge in [0.15, 0.2) is 0 Å². The highest BCUT2D eigenvalue weighted by Crippen LogP contribution is 2.45. The Morgan fingerprint density at radius 3 is 2.19 bits per heavy atom. The first-order valence-corrected chi connectivity index (χ1v) is 9.51. The highest BCUT2D eigenvalue weighted by molar-refractivity contribution is 4.89. The van der Waals surface area contributed by atoms with Crippen LogP contribution in [0.3, 0.4) is 0 Å². The standard InChI is InChI=1S/C20H39N/c1-14-7-9-18(13-21-20(4,5)6)19(11-14)17-10-8-15(2)16(3)12-17/h14-19,21H,7-13H2,1-6H3. The smallest absolute Gasteiger partial charge is 0.00966 e. The van der Waals surface area contributed by atoms with E-state index in [4.69, 9.17) is 0 Å². The molecule has 1 nitrogen and oxygen atoms in total. The third-order valence-electron chi connectivity index (χ3n) is 6.45. The molecule has 6 unspecified atom stereocenters. The maximum Gasteiger partial charge on any atom is 0.00966 e. The molecular formula is C20H39N. The van der Waals surface area contributed by atoms with E-state index < -0.39 is 0 Å². The molecule has 0 heterocycles. The summed E-state index contributed by atoms with van der Waals surface area (Å²) in [5, 5.41) is 3.80. The molecule has 2 rings (SSSR count). The van der Waals surface area contributed by atoms with Gasteiger partial charge in [0.1, 0.15) is 0 Å². The Hall–Kier alpha value is -0.0400. The zero-order valence-corrected chi connectivity index (χ0v) is 15.4. The van der Waals surface area contributed by atoms with Gasteiger partial charge in [-0.25, -0.2) is 0 Å². The van der Waals surface area contributed by atoms with E-state index in [1.807, 2.05) is 0 Å². The Labute approximate surface area is 133 Å². The fraction of sp³-hybridized carbons (Fsp3) is 1.00. The molecule has 1 heteroatoms. The molecule has 2 fully saturated rings. The number of nitrogens with one attached hydrogen (secondary N) is 1. The van der Waals surface area contributed by atoms with E-state index in [2.05, 4.69) is 46.9 Å². The van der Waals surface area contributed by atoms with Crippen LogP contribution in [-0.2, 0) is 0 Å². The largest absolute Gasteiger partial charge is 0.312 e. The Bertz CT molecular complexity index is 316. The summed E-state index contributed by atoms with van der Waals surface area (Å²) in [5.74, 6) is 5.76. The molecule has 1 N–H and O–H groups in total. The molecule has 0 saturated heterocycles. The summed E-state index contributed by atoms with van der Waals surface area (Å²) in [6.07, 6.45) is 8.85. The molecule has 0 aliphatic heterocycles. The molecule has 0 aromatic carbocycles. The molecule has 0 spiro atoms. The molecule has 6 atom stereocenters. The van der Waals surface area contributed by atoms with E-state index in [0.29, 0.717) is 0 Å². The molecule has 0 radical (unpaired) electrons. The van der Waals surface area contributed by atoms with Crippen molar-refractivity contribution in [1.29, 1.82) is 0 Å². The van der Waals surface area contributed by atoms with Crippen molar-refractivity contribution in [2.24, 2.45) is 35.5 Å². The van der Waals surface area contributed by atoms with Crippen LogP contribution in [0, 0.1) is 35.5 Å². The number of hydrogen-bond donors (Lipinski definition) is 1. The van der Waals surface area contributed by atoms with E-state index in [1.165, 1.54) is 45.1 Å². The highest BCUT2D eigenvalue weighted by atomic mass is 14.9. The van der Waals surface area contributed by atoms with Gasteiger partial charge in [0.25, 0.3) is 0 Å². The Morgan fingerprint density at radius 1 is 0.857 bits per heavy atom. The van der Waals surface area contributed by atoms with Crippen LogP contribution in [-0.4, -0.2) is 12.1 Å². The second-order valence-electron chi connectivity index (χ2n) is 9.50. The summed E-state index contributed by atoms with van der Waals surface area (Å²) in [5.41, 5.74) is 0.266. The quantitative estimate of drug-likeness (QED) is 0.724. The van der Waals surface area contributed by atoms with Crippen LogP contribution in [0.5, 0.6) is 0 Å². The lowest BCUT2D eigenvalue weighted by molar-refractivity contribution is 0.0675. The van der Waals surface area contributed by atoms with Crippen LogP contribution >= 0.6 is 0 Å². The second-order valence-corrected chi connectivity index (χ2v) is 9.50. The van der Waals surface area contributed by atoms with E-state index >= 15 is 0 Å². The van der Waals surface area contributed by atoms with Crippen molar-refractivity contribution in [2.75, 3.05) is 6.54 Å². The summed E-state index contributed by atoms with van der Waals surface area (Å²) >= 11 is 0. The lowest BCUT2D eigenvalue weighted by Crippen LogP contribution is -2.44. The minimum atomic E-state index is 0.266. The van der Waals surface area contributed by atoms with E-state index in [1.54, 1.807) is 0 Å². The number of hydrogen-bond acceptors (Lipinski definition) is 1. The monoisotopic (exact) mass is 293 g/mol. The van der Waals surface area contributed by atoms with Crippen LogP contribution < -0.4 is 5.32 Å². The zero-order chi connectivity index (χ0) is 15.6. The molecule has 2 saturated carbocycles. The first-order valence-electron chi connectivity index (χ1n) is 9.51. The summed E-state index contributed by atoms with van der Waals surface area (Å²) < 4.78 is 0. The van der Waals surface area contributed by atoms with Crippen LogP contribution in [0.1, 0.15) is 80.1 Å². The van der Waals surface area contributed by atoms with Gasteiger partial charge in [-0.2, -0.15) is 0 Å². The van der Waals surface area contributed by atoms with Gasteiger partial charge in [0, 0.05) is 5.54 Å². The molecule has 0 aromatic heterocycles. The first-order chi connectivity index (χ1) is 9.76. The van der Waals surface area contributed by atoms with Gasteiger partial charge >= 0.3 is 0 Å². The predicted molar refractivity (Wildman–Crippen MR) is 93.4 cm³/mol. The normalized spacial score (nSPS) is 42.0. The highest BCUT2D eigenvalue weighted by Gasteiger charge is 2.37. The fourth-order valence-corrected chi connectivity index (χ4v) is 4.73. The van der Waals surface area contributed by atoms with Crippen molar-refractivity contribution in [2.45, 2.75) is 85.6 Å². The lowest BCUT2D eigenvalue weighted by atomic mass is 9.62. The maximum absolute atomic E-state index is 3.80. The maximum atomic E-state index is 3.80. The first kappa shape index (κ1) is 17.3. The second kappa shape index (κ2) is 7.02. The van der Waals surface area contributed by atoms with Crippen molar-refractivity contribution < 1.29 is 0 Å². The zero-order valence-electron chi connectivity index (χ0n) is 15.4. The third kappa shape index (κ3) is 4.98. The molecule has 2 aliphatic rings. The average Bonchev–Trinajstić information content (AvgIpc) is 2.39. The summed E-state index contributed by atoms with van der Waals surface area (Å²) in [6.45, 7) is 15.6. The molecule has 2 aliphatic carbocycles. The Morgan fingerprint density at radius 2 is 1.57 bits per heavy atom. The third-order valence-corrected chi connectivity index (χ3v) is 6.45. The molecule has 0 bridgehead atoms. The molecular weight excluding hydrogens is 254 g/mol. The van der Waals surface area contributed by atoms with Crippen LogP contribution in [0.2, 0.25) is 0 Å². The molecule has 21 heavy (non-hydrogen) atoms. The number of rotatable bonds is 3. The summed E-state index contributed by atoms with van der Waals surface area (Å²) in [6, 6.07) is 0. The average molecular weight is 294 g/mol. The van der Waals surface area contributed by atoms with Crippen molar-refractivity contribution in [3.05, 3.63) is 0 Å². The summed E-state index contributed by atoms with van der Waals surface area (Å²) in [7, 11) is 0. The van der Waals surface area contributed by atoms with Gasteiger partial charge in [-0.05, 0) is 88.5 Å². The fourth-order valence-electron chi connectivity index (χ4n) is 4.73. The summed E-state index contributed by atoms with van der Waals surface area (Å²) in [4.78, 5) is 0. The van der Waals surface area contributed by atoms with Crippen molar-refractivity contribution in [3.63, 3.8) is 0 Å². The van der Waals surface area contributed by atoms with Gasteiger partial charge in [0.05, 0.1) is 0 Å². The van der Waals surface area contributed by atoms with Gasteiger partial charge in [-0.3, -0.25) is 0 Å². The van der Waals surface area contributed by atoms with Crippen molar-refractivity contribution in [3.8, 4) is 0 Å². The van der Waals surface area contributed by atoms with Gasteiger partial charge < -0.3 is 5.32 Å². The van der Waals surface area contributed by atoms with E-state index in [-0.39, 0.29) is 5.54 Å². The minimum absolute atomic E-state index is 0.266. The topological polar surface area (TPSA) is 12.0 Å². The SMILES string of the molecule is CC1CCC(CNC(C)(C)C)C(C2CCC(C)C(C)C2)C1. The predicted octanol–water partition coefficient (Wildman–Crippen LogP) is 5.50. The van der Waals surface area contributed by atoms with Gasteiger partial charge in [-0.15, -0.1) is 0 Å². The molecule has 0 aromatic rings. The van der Waals surface area contributed by atoms with Crippen LogP contribution in [0.4, 0.5) is 0 Å². The molecule has 124 valence electrons. The van der Waals surface area contributed by atoms with Gasteiger partial charge in [-0.1, -0.05) is 33.6 Å². The minimum Gasteiger partial charge on any atom is -0.312 e. The van der Waals surface area contributed by atoms with Crippen molar-refractivity contribution in [1.82, 2.24) is 5.32 Å². The Kier molecular flexibility index (Phi) is 5.79. The van der Waals surface area contributed by atoms with Crippen LogP contribution in [0.15, 0.2) is 0 Å². The van der Waals surface area contributed by atoms with Gasteiger partial charge in [0.2, 0.25) is 0 Å².